The Morgan fingerprint density at radius 2 is 1.88 bits per heavy atom. The molecule has 2 aromatic carbocycles. The summed E-state index contributed by atoms with van der Waals surface area (Å²) in [7, 11) is 0. The van der Waals surface area contributed by atoms with Gasteiger partial charge in [-0.05, 0) is 51.0 Å². The van der Waals surface area contributed by atoms with Gasteiger partial charge in [-0.25, -0.2) is 4.79 Å². The lowest BCUT2D eigenvalue weighted by atomic mass is 9.83. The Balaban J connectivity index is 1.79. The number of cyclic esters (lactones) is 1. The van der Waals surface area contributed by atoms with Gasteiger partial charge in [-0.1, -0.05) is 25.1 Å². The minimum Gasteiger partial charge on any atom is -0.487 e. The number of benzene rings is 2. The zero-order chi connectivity index (χ0) is 23.2. The summed E-state index contributed by atoms with van der Waals surface area (Å²) in [4.78, 5) is 24.8. The number of ether oxygens (including phenoxy) is 3. The third kappa shape index (κ3) is 4.11. The maximum atomic E-state index is 12.9. The van der Waals surface area contributed by atoms with Crippen LogP contribution in [0.4, 0.5) is 0 Å². The highest BCUT2D eigenvalue weighted by Crippen LogP contribution is 2.49. The number of esters is 2. The van der Waals surface area contributed by atoms with Crippen LogP contribution >= 0.6 is 0 Å². The Labute approximate surface area is 188 Å². The van der Waals surface area contributed by atoms with Gasteiger partial charge >= 0.3 is 11.9 Å². The van der Waals surface area contributed by atoms with Crippen molar-refractivity contribution in [3.8, 4) is 11.5 Å². The van der Waals surface area contributed by atoms with Crippen molar-refractivity contribution in [2.75, 3.05) is 0 Å². The van der Waals surface area contributed by atoms with Gasteiger partial charge in [0.1, 0.15) is 23.2 Å². The molecule has 2 heterocycles. The van der Waals surface area contributed by atoms with Crippen LogP contribution in [0.25, 0.3) is 0 Å². The van der Waals surface area contributed by atoms with Crippen molar-refractivity contribution in [3.05, 3.63) is 58.1 Å². The lowest BCUT2D eigenvalue weighted by Crippen LogP contribution is -2.36. The van der Waals surface area contributed by atoms with Crippen LogP contribution in [-0.4, -0.2) is 34.9 Å². The molecule has 1 N–H and O–H groups in total. The third-order valence-corrected chi connectivity index (χ3v) is 6.44. The van der Waals surface area contributed by atoms with Gasteiger partial charge < -0.3 is 19.3 Å². The predicted octanol–water partition coefficient (Wildman–Crippen LogP) is 4.41. The second-order valence-corrected chi connectivity index (χ2v) is 9.51. The van der Waals surface area contributed by atoms with Gasteiger partial charge in [0.2, 0.25) is 0 Å². The fourth-order valence-corrected chi connectivity index (χ4v) is 4.84. The molecule has 0 spiro atoms. The van der Waals surface area contributed by atoms with E-state index >= 15 is 0 Å². The normalized spacial score (nSPS) is 22.5. The molecule has 6 heteroatoms. The molecule has 0 amide bonds. The van der Waals surface area contributed by atoms with Crippen molar-refractivity contribution < 1.29 is 28.9 Å². The van der Waals surface area contributed by atoms with Gasteiger partial charge in [0.15, 0.2) is 0 Å². The maximum absolute atomic E-state index is 12.9. The second kappa shape index (κ2) is 8.24. The van der Waals surface area contributed by atoms with Crippen molar-refractivity contribution in [2.24, 2.45) is 0 Å². The minimum absolute atomic E-state index is 0.0116. The van der Waals surface area contributed by atoms with E-state index in [4.69, 9.17) is 14.2 Å². The number of carbonyl (C=O) groups excluding carboxylic acids is 2. The van der Waals surface area contributed by atoms with E-state index in [0.29, 0.717) is 24.2 Å². The lowest BCUT2D eigenvalue weighted by Gasteiger charge is -2.33. The van der Waals surface area contributed by atoms with Gasteiger partial charge in [-0.3, -0.25) is 4.79 Å². The molecule has 170 valence electrons. The van der Waals surface area contributed by atoms with Crippen molar-refractivity contribution in [2.45, 2.75) is 77.6 Å². The molecular formula is C26H30O6. The molecule has 0 radical (unpaired) electrons. The Hall–Kier alpha value is -2.86. The van der Waals surface area contributed by atoms with Gasteiger partial charge in [0, 0.05) is 29.9 Å². The fraction of sp³-hybridized carbons (Fsp3) is 0.462. The Morgan fingerprint density at radius 1 is 1.19 bits per heavy atom. The highest BCUT2D eigenvalue weighted by molar-refractivity contribution is 5.91. The maximum Gasteiger partial charge on any atom is 0.343 e. The van der Waals surface area contributed by atoms with Crippen LogP contribution in [0.2, 0.25) is 0 Å². The van der Waals surface area contributed by atoms with E-state index in [1.807, 2.05) is 40.7 Å². The first-order valence-corrected chi connectivity index (χ1v) is 11.1. The molecule has 6 nitrogen and oxygen atoms in total. The van der Waals surface area contributed by atoms with E-state index < -0.39 is 29.7 Å². The van der Waals surface area contributed by atoms with Gasteiger partial charge in [-0.2, -0.15) is 0 Å². The predicted molar refractivity (Wildman–Crippen MR) is 119 cm³/mol. The molecule has 4 rings (SSSR count). The van der Waals surface area contributed by atoms with Crippen LogP contribution in [0.1, 0.15) is 72.1 Å². The summed E-state index contributed by atoms with van der Waals surface area (Å²) in [5, 5.41) is 10.1. The van der Waals surface area contributed by atoms with Crippen molar-refractivity contribution in [3.63, 3.8) is 0 Å². The summed E-state index contributed by atoms with van der Waals surface area (Å²) in [5.41, 5.74) is 3.59. The van der Waals surface area contributed by atoms with Crippen LogP contribution in [0, 0.1) is 13.8 Å². The Bertz CT molecular complexity index is 1060. The van der Waals surface area contributed by atoms with E-state index in [2.05, 4.69) is 0 Å². The summed E-state index contributed by atoms with van der Waals surface area (Å²) in [5.74, 6) is 0.218. The molecule has 2 aliphatic rings. The molecular weight excluding hydrogens is 408 g/mol. The van der Waals surface area contributed by atoms with E-state index in [1.165, 1.54) is 0 Å². The molecule has 0 saturated carbocycles. The highest BCUT2D eigenvalue weighted by atomic mass is 16.6. The van der Waals surface area contributed by atoms with Crippen molar-refractivity contribution in [1.82, 2.24) is 0 Å². The zero-order valence-corrected chi connectivity index (χ0v) is 19.2. The summed E-state index contributed by atoms with van der Waals surface area (Å²) in [6.45, 7) is 9.86. The minimum atomic E-state index is -0.727. The highest BCUT2D eigenvalue weighted by Gasteiger charge is 2.40. The quantitative estimate of drug-likeness (QED) is 0.563. The molecule has 0 aliphatic carbocycles. The van der Waals surface area contributed by atoms with Crippen molar-refractivity contribution >= 4 is 11.9 Å². The molecule has 2 aromatic rings. The third-order valence-electron chi connectivity index (χ3n) is 6.44. The average Bonchev–Trinajstić information content (AvgIpc) is 3.06. The molecule has 3 atom stereocenters. The van der Waals surface area contributed by atoms with Crippen LogP contribution in [0.5, 0.6) is 11.5 Å². The SMILES string of the molecule is Cc1c2c(c(C(C)[C@@H]3C[C@@H](O)CC(=O)O3)c(C)c1OC(=O)c1ccccc1)OC(C)(C)C2. The first kappa shape index (κ1) is 22.3. The molecule has 1 unspecified atom stereocenters. The van der Waals surface area contributed by atoms with E-state index in [1.54, 1.807) is 24.3 Å². The molecule has 32 heavy (non-hydrogen) atoms. The van der Waals surface area contributed by atoms with Gasteiger partial charge in [0.25, 0.3) is 0 Å². The zero-order valence-electron chi connectivity index (χ0n) is 19.2. The molecule has 0 aromatic heterocycles. The fourth-order valence-electron chi connectivity index (χ4n) is 4.84. The monoisotopic (exact) mass is 438 g/mol. The van der Waals surface area contributed by atoms with Crippen molar-refractivity contribution in [1.29, 1.82) is 0 Å². The molecule has 0 bridgehead atoms. The topological polar surface area (TPSA) is 82.1 Å². The number of rotatable bonds is 4. The average molecular weight is 439 g/mol. The molecule has 1 saturated heterocycles. The summed E-state index contributed by atoms with van der Waals surface area (Å²) in [6.07, 6.45) is -0.163. The number of hydrogen-bond donors (Lipinski definition) is 1. The van der Waals surface area contributed by atoms with E-state index in [0.717, 1.165) is 28.0 Å². The number of carbonyl (C=O) groups is 2. The smallest absolute Gasteiger partial charge is 0.343 e. The summed E-state index contributed by atoms with van der Waals surface area (Å²) in [6, 6.07) is 8.89. The summed E-state index contributed by atoms with van der Waals surface area (Å²) >= 11 is 0. The van der Waals surface area contributed by atoms with Gasteiger partial charge in [-0.15, -0.1) is 0 Å². The van der Waals surface area contributed by atoms with Gasteiger partial charge in [0.05, 0.1) is 18.1 Å². The Kier molecular flexibility index (Phi) is 5.76. The van der Waals surface area contributed by atoms with E-state index in [9.17, 15) is 14.7 Å². The molecule has 2 aliphatic heterocycles. The number of fused-ring (bicyclic) bond motifs is 1. The first-order chi connectivity index (χ1) is 15.1. The summed E-state index contributed by atoms with van der Waals surface area (Å²) < 4.78 is 17.9. The molecule has 1 fully saturated rings. The second-order valence-electron chi connectivity index (χ2n) is 9.51. The standard InChI is InChI=1S/C26H30O6/c1-14-19-13-26(4,5)32-24(19)22(15(2)20-11-18(27)12-21(28)30-20)16(3)23(14)31-25(29)17-9-7-6-8-10-17/h6-10,15,18,20,27H,11-13H2,1-5H3/t15?,18-,20+/m1/s1. The lowest BCUT2D eigenvalue weighted by molar-refractivity contribution is -0.161. The van der Waals surface area contributed by atoms with Crippen LogP contribution in [0.15, 0.2) is 30.3 Å². The van der Waals surface area contributed by atoms with E-state index in [-0.39, 0.29) is 12.3 Å². The Morgan fingerprint density at radius 3 is 2.53 bits per heavy atom. The largest absolute Gasteiger partial charge is 0.487 e. The number of hydrogen-bond acceptors (Lipinski definition) is 6. The number of aliphatic hydroxyl groups excluding tert-OH is 1. The van der Waals surface area contributed by atoms with Crippen LogP contribution < -0.4 is 9.47 Å². The first-order valence-electron chi connectivity index (χ1n) is 11.1. The van der Waals surface area contributed by atoms with Crippen LogP contribution in [-0.2, 0) is 16.0 Å². The van der Waals surface area contributed by atoms with Crippen LogP contribution in [0.3, 0.4) is 0 Å². The number of aliphatic hydroxyl groups is 1.